The predicted molar refractivity (Wildman–Crippen MR) is 105 cm³/mol. The summed E-state index contributed by atoms with van der Waals surface area (Å²) in [6.07, 6.45) is 0. The Labute approximate surface area is 173 Å². The van der Waals surface area contributed by atoms with Crippen molar-refractivity contribution in [2.75, 3.05) is 64.5 Å². The van der Waals surface area contributed by atoms with Gasteiger partial charge < -0.3 is 29.2 Å². The molecule has 0 aromatic heterocycles. The number of ether oxygens (including phenoxy) is 4. The van der Waals surface area contributed by atoms with Crippen LogP contribution in [0, 0.1) is 17.0 Å². The van der Waals surface area contributed by atoms with E-state index in [9.17, 15) is 24.5 Å². The van der Waals surface area contributed by atoms with Crippen LogP contribution in [0.4, 0.5) is 17.1 Å². The lowest BCUT2D eigenvalue weighted by Gasteiger charge is -2.25. The monoisotopic (exact) mass is 427 g/mol. The molecule has 0 aliphatic rings. The highest BCUT2D eigenvalue weighted by molar-refractivity contribution is 6.02. The van der Waals surface area contributed by atoms with Crippen LogP contribution < -0.4 is 10.2 Å². The van der Waals surface area contributed by atoms with Gasteiger partial charge in [-0.25, -0.2) is 4.79 Å². The molecule has 1 aromatic carbocycles. The second kappa shape index (κ2) is 12.5. The molecule has 166 valence electrons. The Morgan fingerprint density at radius 3 is 2.27 bits per heavy atom. The molecule has 1 aromatic rings. The second-order valence-corrected chi connectivity index (χ2v) is 6.03. The number of nitrogens with zero attached hydrogens (tertiary/aromatic N) is 2. The van der Waals surface area contributed by atoms with Crippen LogP contribution in [0.5, 0.6) is 0 Å². The Morgan fingerprint density at radius 2 is 1.70 bits per heavy atom. The third kappa shape index (κ3) is 7.39. The summed E-state index contributed by atoms with van der Waals surface area (Å²) in [5.41, 5.74) is 0.248. The zero-order valence-corrected chi connectivity index (χ0v) is 17.3. The SMILES string of the molecule is COCC(=O)Nc1cc(C)c([N+](=O)[O-])cc1N(CCOC(=O)COC)C(=O)COC. The fraction of sp³-hybridized carbons (Fsp3) is 0.500. The summed E-state index contributed by atoms with van der Waals surface area (Å²) in [7, 11) is 3.98. The predicted octanol–water partition coefficient (Wildman–Crippen LogP) is 0.657. The molecule has 0 saturated carbocycles. The standard InChI is InChI=1S/C18H25N3O9/c1-12-7-13(19-16(22)9-27-2)15(8-14(12)21(25)26)20(17(23)10-28-3)5-6-30-18(24)11-29-4/h7-8H,5-6,9-11H2,1-4H3,(H,19,22). The number of anilines is 2. The quantitative estimate of drug-likeness (QED) is 0.288. The van der Waals surface area contributed by atoms with Crippen molar-refractivity contribution in [2.45, 2.75) is 6.92 Å². The number of nitrogens with one attached hydrogen (secondary N) is 1. The van der Waals surface area contributed by atoms with Crippen molar-refractivity contribution in [1.29, 1.82) is 0 Å². The highest BCUT2D eigenvalue weighted by Gasteiger charge is 2.25. The first kappa shape index (κ1) is 24.9. The summed E-state index contributed by atoms with van der Waals surface area (Å²) >= 11 is 0. The van der Waals surface area contributed by atoms with Gasteiger partial charge in [0.2, 0.25) is 5.91 Å². The Balaban J connectivity index is 3.32. The number of hydrogen-bond acceptors (Lipinski definition) is 9. The molecule has 1 N–H and O–H groups in total. The summed E-state index contributed by atoms with van der Waals surface area (Å²) in [5.74, 6) is -1.71. The normalized spacial score (nSPS) is 10.4. The van der Waals surface area contributed by atoms with Crippen molar-refractivity contribution >= 4 is 34.8 Å². The lowest BCUT2D eigenvalue weighted by atomic mass is 10.1. The van der Waals surface area contributed by atoms with Crippen LogP contribution in [0.1, 0.15) is 5.56 Å². The van der Waals surface area contributed by atoms with E-state index in [4.69, 9.17) is 14.2 Å². The minimum absolute atomic E-state index is 0.0570. The number of aryl methyl sites for hydroxylation is 1. The van der Waals surface area contributed by atoms with Crippen molar-refractivity contribution in [2.24, 2.45) is 0 Å². The minimum atomic E-state index is -0.639. The maximum absolute atomic E-state index is 12.6. The van der Waals surface area contributed by atoms with Crippen LogP contribution in [0.2, 0.25) is 0 Å². The van der Waals surface area contributed by atoms with Crippen molar-refractivity contribution < 1.29 is 38.3 Å². The molecule has 0 unspecified atom stereocenters. The van der Waals surface area contributed by atoms with Gasteiger partial charge in [-0.05, 0) is 13.0 Å². The van der Waals surface area contributed by atoms with Gasteiger partial charge in [-0.3, -0.25) is 19.7 Å². The van der Waals surface area contributed by atoms with E-state index in [-0.39, 0.29) is 55.6 Å². The second-order valence-electron chi connectivity index (χ2n) is 6.03. The van der Waals surface area contributed by atoms with Gasteiger partial charge in [0.1, 0.15) is 26.4 Å². The lowest BCUT2D eigenvalue weighted by Crippen LogP contribution is -2.38. The highest BCUT2D eigenvalue weighted by atomic mass is 16.6. The Morgan fingerprint density at radius 1 is 1.07 bits per heavy atom. The smallest absolute Gasteiger partial charge is 0.332 e. The van der Waals surface area contributed by atoms with Crippen LogP contribution in [-0.4, -0.2) is 77.0 Å². The number of methoxy groups -OCH3 is 3. The van der Waals surface area contributed by atoms with Gasteiger partial charge >= 0.3 is 5.97 Å². The number of nitro benzene ring substituents is 1. The van der Waals surface area contributed by atoms with Gasteiger partial charge in [-0.1, -0.05) is 0 Å². The van der Waals surface area contributed by atoms with Crippen LogP contribution in [0.3, 0.4) is 0 Å². The molecule has 1 rings (SSSR count). The van der Waals surface area contributed by atoms with E-state index in [1.165, 1.54) is 40.4 Å². The first-order chi connectivity index (χ1) is 14.2. The molecule has 12 heteroatoms. The Bertz CT molecular complexity index is 782. The molecule has 2 amide bonds. The van der Waals surface area contributed by atoms with E-state index in [0.717, 1.165) is 4.90 Å². The zero-order chi connectivity index (χ0) is 22.7. The number of esters is 1. The van der Waals surface area contributed by atoms with Crippen molar-refractivity contribution in [3.63, 3.8) is 0 Å². The summed E-state index contributed by atoms with van der Waals surface area (Å²) in [6, 6.07) is 2.55. The average Bonchev–Trinajstić information content (AvgIpc) is 2.66. The molecule has 0 aliphatic carbocycles. The van der Waals surface area contributed by atoms with E-state index in [1.54, 1.807) is 0 Å². The molecular formula is C18H25N3O9. The third-order valence-electron chi connectivity index (χ3n) is 3.76. The maximum atomic E-state index is 12.6. The maximum Gasteiger partial charge on any atom is 0.332 e. The Hall–Kier alpha value is -3.09. The van der Waals surface area contributed by atoms with E-state index in [1.807, 2.05) is 0 Å². The number of amides is 2. The number of nitro groups is 1. The number of carbonyl (C=O) groups excluding carboxylic acids is 3. The van der Waals surface area contributed by atoms with Crippen LogP contribution >= 0.6 is 0 Å². The molecular weight excluding hydrogens is 402 g/mol. The fourth-order valence-electron chi connectivity index (χ4n) is 2.51. The van der Waals surface area contributed by atoms with Crippen molar-refractivity contribution in [3.8, 4) is 0 Å². The molecule has 0 heterocycles. The van der Waals surface area contributed by atoms with Gasteiger partial charge in [0.15, 0.2) is 0 Å². The van der Waals surface area contributed by atoms with Gasteiger partial charge in [0, 0.05) is 33.0 Å². The van der Waals surface area contributed by atoms with E-state index in [2.05, 4.69) is 10.1 Å². The summed E-state index contributed by atoms with van der Waals surface area (Å²) in [5, 5.41) is 14.0. The molecule has 0 atom stereocenters. The topological polar surface area (TPSA) is 147 Å². The molecule has 0 bridgehead atoms. The van der Waals surface area contributed by atoms with Gasteiger partial charge in [0.25, 0.3) is 11.6 Å². The first-order valence-corrected chi connectivity index (χ1v) is 8.76. The number of benzene rings is 1. The first-order valence-electron chi connectivity index (χ1n) is 8.76. The van der Waals surface area contributed by atoms with Crippen LogP contribution in [0.15, 0.2) is 12.1 Å². The van der Waals surface area contributed by atoms with Gasteiger partial charge in [-0.15, -0.1) is 0 Å². The number of carbonyl (C=O) groups is 3. The summed E-state index contributed by atoms with van der Waals surface area (Å²) in [4.78, 5) is 48.0. The molecule has 30 heavy (non-hydrogen) atoms. The van der Waals surface area contributed by atoms with Crippen molar-refractivity contribution in [3.05, 3.63) is 27.8 Å². The van der Waals surface area contributed by atoms with Gasteiger partial charge in [0.05, 0.1) is 22.8 Å². The number of rotatable bonds is 12. The van der Waals surface area contributed by atoms with Crippen LogP contribution in [-0.2, 0) is 33.3 Å². The molecule has 0 saturated heterocycles. The Kier molecular flexibility index (Phi) is 10.4. The largest absolute Gasteiger partial charge is 0.462 e. The molecule has 0 radical (unpaired) electrons. The highest BCUT2D eigenvalue weighted by Crippen LogP contribution is 2.33. The van der Waals surface area contributed by atoms with Gasteiger partial charge in [-0.2, -0.15) is 0 Å². The molecule has 12 nitrogen and oxygen atoms in total. The zero-order valence-electron chi connectivity index (χ0n) is 17.3. The van der Waals surface area contributed by atoms with Crippen LogP contribution in [0.25, 0.3) is 0 Å². The summed E-state index contributed by atoms with van der Waals surface area (Å²) in [6.45, 7) is 0.313. The van der Waals surface area contributed by atoms with E-state index in [0.29, 0.717) is 0 Å². The van der Waals surface area contributed by atoms with Crippen molar-refractivity contribution in [1.82, 2.24) is 0 Å². The average molecular weight is 427 g/mol. The fourth-order valence-corrected chi connectivity index (χ4v) is 2.51. The van der Waals surface area contributed by atoms with E-state index < -0.39 is 22.7 Å². The summed E-state index contributed by atoms with van der Waals surface area (Å²) < 4.78 is 19.3. The molecule has 0 fully saturated rings. The number of hydrogen-bond donors (Lipinski definition) is 1. The lowest BCUT2D eigenvalue weighted by molar-refractivity contribution is -0.385. The third-order valence-corrected chi connectivity index (χ3v) is 3.76. The molecule has 0 spiro atoms. The van der Waals surface area contributed by atoms with E-state index >= 15 is 0 Å². The minimum Gasteiger partial charge on any atom is -0.462 e. The molecule has 0 aliphatic heterocycles.